The van der Waals surface area contributed by atoms with Crippen LogP contribution in [0.15, 0.2) is 24.3 Å². The van der Waals surface area contributed by atoms with Crippen LogP contribution in [0.4, 0.5) is 18.0 Å². The summed E-state index contributed by atoms with van der Waals surface area (Å²) >= 11 is 0. The van der Waals surface area contributed by atoms with Gasteiger partial charge in [-0.3, -0.25) is 5.43 Å². The molecular formula is C13H17F3N2O3. The van der Waals surface area contributed by atoms with Gasteiger partial charge in [-0.25, -0.2) is 10.2 Å². The number of halogens is 3. The smallest absolute Gasteiger partial charge is 0.443 e. The van der Waals surface area contributed by atoms with E-state index in [1.54, 1.807) is 20.8 Å². The SMILES string of the molecule is CC(C)(C)OC(=O)NNCc1ccc(OC(F)(F)F)cc1. The molecule has 0 radical (unpaired) electrons. The highest BCUT2D eigenvalue weighted by Crippen LogP contribution is 2.22. The summed E-state index contributed by atoms with van der Waals surface area (Å²) in [6, 6.07) is 5.28. The molecule has 21 heavy (non-hydrogen) atoms. The summed E-state index contributed by atoms with van der Waals surface area (Å²) in [7, 11) is 0. The Labute approximate surface area is 120 Å². The Balaban J connectivity index is 2.38. The normalized spacial score (nSPS) is 11.9. The van der Waals surface area contributed by atoms with Gasteiger partial charge in [0.15, 0.2) is 0 Å². The topological polar surface area (TPSA) is 59.6 Å². The zero-order chi connectivity index (χ0) is 16.1. The minimum atomic E-state index is -4.71. The third-order valence-electron chi connectivity index (χ3n) is 2.04. The number of nitrogens with one attached hydrogen (secondary N) is 2. The van der Waals surface area contributed by atoms with Crippen molar-refractivity contribution in [1.82, 2.24) is 10.9 Å². The third kappa shape index (κ3) is 8.03. The molecule has 0 saturated carbocycles. The van der Waals surface area contributed by atoms with Crippen molar-refractivity contribution in [3.63, 3.8) is 0 Å². The predicted octanol–water partition coefficient (Wildman–Crippen LogP) is 3.11. The van der Waals surface area contributed by atoms with Crippen molar-refractivity contribution in [2.75, 3.05) is 0 Å². The molecule has 0 fully saturated rings. The molecule has 118 valence electrons. The summed E-state index contributed by atoms with van der Waals surface area (Å²) < 4.78 is 44.7. The van der Waals surface area contributed by atoms with E-state index in [-0.39, 0.29) is 12.3 Å². The van der Waals surface area contributed by atoms with E-state index < -0.39 is 18.1 Å². The van der Waals surface area contributed by atoms with E-state index in [2.05, 4.69) is 15.6 Å². The molecule has 0 aromatic heterocycles. The van der Waals surface area contributed by atoms with E-state index in [0.29, 0.717) is 5.56 Å². The minimum Gasteiger partial charge on any atom is -0.443 e. The molecule has 1 rings (SSSR count). The van der Waals surface area contributed by atoms with Gasteiger partial charge >= 0.3 is 12.5 Å². The molecule has 8 heteroatoms. The Morgan fingerprint density at radius 2 is 1.71 bits per heavy atom. The van der Waals surface area contributed by atoms with Gasteiger partial charge in [-0.1, -0.05) is 12.1 Å². The van der Waals surface area contributed by atoms with Gasteiger partial charge in [0.1, 0.15) is 11.4 Å². The number of benzene rings is 1. The number of ether oxygens (including phenoxy) is 2. The van der Waals surface area contributed by atoms with Crippen LogP contribution < -0.4 is 15.6 Å². The van der Waals surface area contributed by atoms with E-state index >= 15 is 0 Å². The highest BCUT2D eigenvalue weighted by atomic mass is 19.4. The Morgan fingerprint density at radius 3 is 2.19 bits per heavy atom. The summed E-state index contributed by atoms with van der Waals surface area (Å²) in [5, 5.41) is 0. The van der Waals surface area contributed by atoms with Crippen molar-refractivity contribution in [1.29, 1.82) is 0 Å². The second kappa shape index (κ2) is 6.66. The van der Waals surface area contributed by atoms with E-state index in [4.69, 9.17) is 4.74 Å². The molecule has 0 saturated heterocycles. The first-order valence-corrected chi connectivity index (χ1v) is 6.12. The van der Waals surface area contributed by atoms with Gasteiger partial charge in [0.05, 0.1) is 0 Å². The van der Waals surface area contributed by atoms with Crippen LogP contribution >= 0.6 is 0 Å². The maximum absolute atomic E-state index is 12.0. The van der Waals surface area contributed by atoms with Crippen molar-refractivity contribution in [2.45, 2.75) is 39.3 Å². The molecule has 0 unspecified atom stereocenters. The average Bonchev–Trinajstić information content (AvgIpc) is 2.27. The molecule has 0 heterocycles. The van der Waals surface area contributed by atoms with Crippen LogP contribution in [0.1, 0.15) is 26.3 Å². The molecule has 0 aliphatic carbocycles. The highest BCUT2D eigenvalue weighted by molar-refractivity contribution is 5.66. The van der Waals surface area contributed by atoms with Crippen LogP contribution in [0.25, 0.3) is 0 Å². The van der Waals surface area contributed by atoms with E-state index in [1.807, 2.05) is 0 Å². The molecule has 1 aromatic carbocycles. The van der Waals surface area contributed by atoms with Gasteiger partial charge in [-0.2, -0.15) is 0 Å². The molecule has 0 aliphatic heterocycles. The fourth-order valence-electron chi connectivity index (χ4n) is 1.33. The number of carbonyl (C=O) groups excluding carboxylic acids is 1. The lowest BCUT2D eigenvalue weighted by atomic mass is 10.2. The molecule has 0 spiro atoms. The van der Waals surface area contributed by atoms with Crippen molar-refractivity contribution < 1.29 is 27.4 Å². The summed E-state index contributed by atoms with van der Waals surface area (Å²) in [6.45, 7) is 5.41. The highest BCUT2D eigenvalue weighted by Gasteiger charge is 2.30. The zero-order valence-corrected chi connectivity index (χ0v) is 11.9. The van der Waals surface area contributed by atoms with E-state index in [1.165, 1.54) is 24.3 Å². The number of alkyl halides is 3. The monoisotopic (exact) mass is 306 g/mol. The lowest BCUT2D eigenvalue weighted by Crippen LogP contribution is -2.40. The molecule has 0 atom stereocenters. The van der Waals surface area contributed by atoms with Gasteiger partial charge in [-0.05, 0) is 38.5 Å². The number of rotatable bonds is 4. The predicted molar refractivity (Wildman–Crippen MR) is 69.3 cm³/mol. The molecule has 2 N–H and O–H groups in total. The largest absolute Gasteiger partial charge is 0.573 e. The standard InChI is InChI=1S/C13H17F3N2O3/c1-12(2,3)21-11(19)18-17-8-9-4-6-10(7-5-9)20-13(14,15)16/h4-7,17H,8H2,1-3H3,(H,18,19). The first-order valence-electron chi connectivity index (χ1n) is 6.12. The Bertz CT molecular complexity index is 467. The van der Waals surface area contributed by atoms with Gasteiger partial charge in [0.25, 0.3) is 0 Å². The third-order valence-corrected chi connectivity index (χ3v) is 2.04. The number of hydrogen-bond donors (Lipinski definition) is 2. The van der Waals surface area contributed by atoms with Crippen LogP contribution in [0.2, 0.25) is 0 Å². The zero-order valence-electron chi connectivity index (χ0n) is 11.9. The fraction of sp³-hybridized carbons (Fsp3) is 0.462. The Morgan fingerprint density at radius 1 is 1.14 bits per heavy atom. The van der Waals surface area contributed by atoms with E-state index in [9.17, 15) is 18.0 Å². The minimum absolute atomic E-state index is 0.228. The van der Waals surface area contributed by atoms with Gasteiger partial charge in [0.2, 0.25) is 0 Å². The van der Waals surface area contributed by atoms with Crippen molar-refractivity contribution in [3.05, 3.63) is 29.8 Å². The van der Waals surface area contributed by atoms with Crippen LogP contribution in [-0.2, 0) is 11.3 Å². The summed E-state index contributed by atoms with van der Waals surface area (Å²) in [4.78, 5) is 11.3. The fourth-order valence-corrected chi connectivity index (χ4v) is 1.33. The molecule has 1 amide bonds. The lowest BCUT2D eigenvalue weighted by Gasteiger charge is -2.19. The van der Waals surface area contributed by atoms with Crippen molar-refractivity contribution >= 4 is 6.09 Å². The van der Waals surface area contributed by atoms with Crippen LogP contribution in [0, 0.1) is 0 Å². The molecule has 5 nitrogen and oxygen atoms in total. The molecule has 1 aromatic rings. The van der Waals surface area contributed by atoms with Gasteiger partial charge in [-0.15, -0.1) is 13.2 Å². The average molecular weight is 306 g/mol. The molecule has 0 aliphatic rings. The summed E-state index contributed by atoms with van der Waals surface area (Å²) in [6.07, 6.45) is -5.35. The van der Waals surface area contributed by atoms with Gasteiger partial charge in [0, 0.05) is 6.54 Å². The second-order valence-corrected chi connectivity index (χ2v) is 5.17. The first-order chi connectivity index (χ1) is 9.55. The number of amides is 1. The van der Waals surface area contributed by atoms with Gasteiger partial charge < -0.3 is 9.47 Å². The quantitative estimate of drug-likeness (QED) is 0.839. The maximum Gasteiger partial charge on any atom is 0.573 e. The van der Waals surface area contributed by atoms with Crippen LogP contribution in [0.5, 0.6) is 5.75 Å². The second-order valence-electron chi connectivity index (χ2n) is 5.17. The van der Waals surface area contributed by atoms with Crippen LogP contribution in [0.3, 0.4) is 0 Å². The molecular weight excluding hydrogens is 289 g/mol. The Kier molecular flexibility index (Phi) is 5.42. The van der Waals surface area contributed by atoms with Crippen LogP contribution in [-0.4, -0.2) is 18.1 Å². The maximum atomic E-state index is 12.0. The number of carbonyl (C=O) groups is 1. The lowest BCUT2D eigenvalue weighted by molar-refractivity contribution is -0.274. The Hall–Kier alpha value is -1.96. The number of hydrazine groups is 1. The summed E-state index contributed by atoms with van der Waals surface area (Å²) in [5.74, 6) is -0.300. The number of hydrogen-bond acceptors (Lipinski definition) is 4. The summed E-state index contributed by atoms with van der Waals surface area (Å²) in [5.41, 5.74) is 4.98. The van der Waals surface area contributed by atoms with E-state index in [0.717, 1.165) is 0 Å². The first kappa shape index (κ1) is 17.1. The van der Waals surface area contributed by atoms with Crippen molar-refractivity contribution in [3.8, 4) is 5.75 Å². The molecule has 0 bridgehead atoms. The van der Waals surface area contributed by atoms with Crippen molar-refractivity contribution in [2.24, 2.45) is 0 Å².